The van der Waals surface area contributed by atoms with Gasteiger partial charge in [0, 0.05) is 24.3 Å². The van der Waals surface area contributed by atoms with Crippen LogP contribution < -0.4 is 10.2 Å². The monoisotopic (exact) mass is 287 g/mol. The number of rotatable bonds is 6. The zero-order valence-corrected chi connectivity index (χ0v) is 12.9. The molecular weight excluding hydrogens is 265 g/mol. The Morgan fingerprint density at radius 1 is 1.24 bits per heavy atom. The number of hydrogen-bond donors (Lipinski definition) is 1. The highest BCUT2D eigenvalue weighted by Crippen LogP contribution is 2.27. The van der Waals surface area contributed by atoms with E-state index in [1.165, 1.54) is 11.8 Å². The van der Waals surface area contributed by atoms with Gasteiger partial charge in [-0.05, 0) is 44.2 Å². The first-order valence-corrected chi connectivity index (χ1v) is 7.35. The summed E-state index contributed by atoms with van der Waals surface area (Å²) >= 11 is 0. The average Bonchev–Trinajstić information content (AvgIpc) is 2.48. The van der Waals surface area contributed by atoms with Crippen molar-refractivity contribution < 1.29 is 4.39 Å². The van der Waals surface area contributed by atoms with Gasteiger partial charge in [-0.2, -0.15) is 0 Å². The Kier molecular flexibility index (Phi) is 5.28. The van der Waals surface area contributed by atoms with Gasteiger partial charge in [-0.1, -0.05) is 19.1 Å². The Balaban J connectivity index is 2.41. The molecule has 0 amide bonds. The number of benzene rings is 1. The molecule has 1 heterocycles. The van der Waals surface area contributed by atoms with Crippen LogP contribution in [0.25, 0.3) is 0 Å². The van der Waals surface area contributed by atoms with E-state index in [-0.39, 0.29) is 5.82 Å². The van der Waals surface area contributed by atoms with Gasteiger partial charge in [0.2, 0.25) is 0 Å². The van der Waals surface area contributed by atoms with E-state index < -0.39 is 0 Å². The van der Waals surface area contributed by atoms with Crippen LogP contribution in [0.1, 0.15) is 25.0 Å². The third-order valence-electron chi connectivity index (χ3n) is 3.36. The fourth-order valence-corrected chi connectivity index (χ4v) is 2.36. The molecule has 0 saturated carbocycles. The standard InChI is InChI=1S/C17H22FN3/c1-4-19-11-14-10-15(18)12-20-17(14)21(5-2)16-8-6-7-13(3)9-16/h6-10,12,19H,4-5,11H2,1-3H3. The van der Waals surface area contributed by atoms with E-state index in [0.717, 1.165) is 30.2 Å². The smallest absolute Gasteiger partial charge is 0.141 e. The van der Waals surface area contributed by atoms with Gasteiger partial charge in [0.1, 0.15) is 11.6 Å². The summed E-state index contributed by atoms with van der Waals surface area (Å²) in [5.74, 6) is 0.511. The van der Waals surface area contributed by atoms with Crippen molar-refractivity contribution in [2.45, 2.75) is 27.3 Å². The third kappa shape index (κ3) is 3.79. The van der Waals surface area contributed by atoms with Gasteiger partial charge in [-0.3, -0.25) is 0 Å². The molecule has 21 heavy (non-hydrogen) atoms. The van der Waals surface area contributed by atoms with E-state index in [4.69, 9.17) is 0 Å². The fourth-order valence-electron chi connectivity index (χ4n) is 2.36. The van der Waals surface area contributed by atoms with Gasteiger partial charge in [-0.25, -0.2) is 9.37 Å². The molecular formula is C17H22FN3. The number of aromatic nitrogens is 1. The van der Waals surface area contributed by atoms with Crippen LogP contribution in [0.15, 0.2) is 36.5 Å². The summed E-state index contributed by atoms with van der Waals surface area (Å²) in [6, 6.07) is 9.82. The van der Waals surface area contributed by atoms with E-state index in [1.807, 2.05) is 13.0 Å². The van der Waals surface area contributed by atoms with Gasteiger partial charge in [0.15, 0.2) is 0 Å². The molecule has 2 rings (SSSR count). The van der Waals surface area contributed by atoms with Gasteiger partial charge in [0.25, 0.3) is 0 Å². The predicted octanol–water partition coefficient (Wildman–Crippen LogP) is 3.80. The largest absolute Gasteiger partial charge is 0.326 e. The molecule has 0 unspecified atom stereocenters. The Bertz CT molecular complexity index is 598. The van der Waals surface area contributed by atoms with Crippen LogP contribution in [-0.2, 0) is 6.54 Å². The Hall–Kier alpha value is -1.94. The molecule has 0 atom stereocenters. The van der Waals surface area contributed by atoms with Crippen molar-refractivity contribution >= 4 is 11.5 Å². The number of nitrogens with one attached hydrogen (secondary N) is 1. The maximum Gasteiger partial charge on any atom is 0.141 e. The molecule has 0 radical (unpaired) electrons. The first-order chi connectivity index (χ1) is 10.2. The van der Waals surface area contributed by atoms with Crippen LogP contribution in [0, 0.1) is 12.7 Å². The summed E-state index contributed by atoms with van der Waals surface area (Å²) in [5, 5.41) is 3.24. The lowest BCUT2D eigenvalue weighted by atomic mass is 10.1. The normalized spacial score (nSPS) is 10.7. The van der Waals surface area contributed by atoms with Crippen LogP contribution in [0.4, 0.5) is 15.9 Å². The molecule has 1 aromatic heterocycles. The molecule has 0 aliphatic heterocycles. The zero-order chi connectivity index (χ0) is 15.2. The van der Waals surface area contributed by atoms with E-state index in [9.17, 15) is 4.39 Å². The predicted molar refractivity (Wildman–Crippen MR) is 85.4 cm³/mol. The number of halogens is 1. The molecule has 3 nitrogen and oxygen atoms in total. The van der Waals surface area contributed by atoms with E-state index in [2.05, 4.69) is 47.2 Å². The average molecular weight is 287 g/mol. The summed E-state index contributed by atoms with van der Waals surface area (Å²) in [6.07, 6.45) is 1.28. The first-order valence-electron chi connectivity index (χ1n) is 7.35. The molecule has 0 aliphatic carbocycles. The molecule has 112 valence electrons. The van der Waals surface area contributed by atoms with Crippen LogP contribution in [0.2, 0.25) is 0 Å². The highest BCUT2D eigenvalue weighted by molar-refractivity contribution is 5.63. The van der Waals surface area contributed by atoms with Crippen molar-refractivity contribution in [3.05, 3.63) is 53.5 Å². The van der Waals surface area contributed by atoms with E-state index in [0.29, 0.717) is 6.54 Å². The maximum absolute atomic E-state index is 13.5. The van der Waals surface area contributed by atoms with Crippen LogP contribution in [-0.4, -0.2) is 18.1 Å². The third-order valence-corrected chi connectivity index (χ3v) is 3.36. The van der Waals surface area contributed by atoms with Crippen LogP contribution in [0.5, 0.6) is 0 Å². The Labute approximate surface area is 125 Å². The summed E-state index contributed by atoms with van der Waals surface area (Å²) in [4.78, 5) is 6.43. The molecule has 0 fully saturated rings. The van der Waals surface area contributed by atoms with Crippen LogP contribution in [0.3, 0.4) is 0 Å². The second kappa shape index (κ2) is 7.18. The summed E-state index contributed by atoms with van der Waals surface area (Å²) in [7, 11) is 0. The molecule has 1 aromatic carbocycles. The van der Waals surface area contributed by atoms with Gasteiger partial charge >= 0.3 is 0 Å². The number of hydrogen-bond acceptors (Lipinski definition) is 3. The number of aryl methyl sites for hydroxylation is 1. The number of pyridine rings is 1. The topological polar surface area (TPSA) is 28.2 Å². The summed E-state index contributed by atoms with van der Waals surface area (Å²) in [6.45, 7) is 8.40. The minimum absolute atomic E-state index is 0.299. The van der Waals surface area contributed by atoms with Crippen molar-refractivity contribution in [3.8, 4) is 0 Å². The summed E-state index contributed by atoms with van der Waals surface area (Å²) in [5.41, 5.74) is 3.15. The molecule has 4 heteroatoms. The highest BCUT2D eigenvalue weighted by Gasteiger charge is 2.14. The fraction of sp³-hybridized carbons (Fsp3) is 0.353. The molecule has 1 N–H and O–H groups in total. The molecule has 0 bridgehead atoms. The van der Waals surface area contributed by atoms with Crippen molar-refractivity contribution in [2.24, 2.45) is 0 Å². The lowest BCUT2D eigenvalue weighted by molar-refractivity contribution is 0.614. The van der Waals surface area contributed by atoms with Crippen molar-refractivity contribution in [1.29, 1.82) is 0 Å². The van der Waals surface area contributed by atoms with E-state index in [1.54, 1.807) is 6.07 Å². The molecule has 0 spiro atoms. The SMILES string of the molecule is CCNCc1cc(F)cnc1N(CC)c1cccc(C)c1. The maximum atomic E-state index is 13.5. The highest BCUT2D eigenvalue weighted by atomic mass is 19.1. The minimum Gasteiger partial charge on any atom is -0.326 e. The molecule has 0 aliphatic rings. The second-order valence-electron chi connectivity index (χ2n) is 5.00. The van der Waals surface area contributed by atoms with Gasteiger partial charge in [0.05, 0.1) is 6.20 Å². The quantitative estimate of drug-likeness (QED) is 0.876. The minimum atomic E-state index is -0.299. The van der Waals surface area contributed by atoms with Gasteiger partial charge in [-0.15, -0.1) is 0 Å². The molecule has 0 saturated heterocycles. The van der Waals surface area contributed by atoms with Crippen molar-refractivity contribution in [2.75, 3.05) is 18.0 Å². The lowest BCUT2D eigenvalue weighted by Gasteiger charge is -2.25. The number of nitrogens with zero attached hydrogens (tertiary/aromatic N) is 2. The second-order valence-corrected chi connectivity index (χ2v) is 5.00. The van der Waals surface area contributed by atoms with Gasteiger partial charge < -0.3 is 10.2 Å². The van der Waals surface area contributed by atoms with Crippen molar-refractivity contribution in [3.63, 3.8) is 0 Å². The molecule has 2 aromatic rings. The number of anilines is 2. The lowest BCUT2D eigenvalue weighted by Crippen LogP contribution is -2.22. The van der Waals surface area contributed by atoms with E-state index >= 15 is 0 Å². The first kappa shape index (κ1) is 15.4. The zero-order valence-electron chi connectivity index (χ0n) is 12.9. The Morgan fingerprint density at radius 3 is 2.71 bits per heavy atom. The van der Waals surface area contributed by atoms with Crippen molar-refractivity contribution in [1.82, 2.24) is 10.3 Å². The summed E-state index contributed by atoms with van der Waals surface area (Å²) < 4.78 is 13.5. The van der Waals surface area contributed by atoms with Crippen LogP contribution >= 0.6 is 0 Å². The Morgan fingerprint density at radius 2 is 2.05 bits per heavy atom.